The molecule has 3 N–H and O–H groups in total. The highest BCUT2D eigenvalue weighted by Crippen LogP contribution is 2.34. The molecule has 2 heteroatoms. The molecule has 0 aliphatic heterocycles. The van der Waals surface area contributed by atoms with Gasteiger partial charge in [-0.1, -0.05) is 6.07 Å². The van der Waals surface area contributed by atoms with Gasteiger partial charge < -0.3 is 11.1 Å². The highest BCUT2D eigenvalue weighted by atomic mass is 15.0. The van der Waals surface area contributed by atoms with Gasteiger partial charge in [0.2, 0.25) is 0 Å². The van der Waals surface area contributed by atoms with E-state index in [2.05, 4.69) is 18.3 Å². The van der Waals surface area contributed by atoms with Gasteiger partial charge in [-0.15, -0.1) is 0 Å². The summed E-state index contributed by atoms with van der Waals surface area (Å²) >= 11 is 0. The van der Waals surface area contributed by atoms with Gasteiger partial charge in [-0.3, -0.25) is 0 Å². The van der Waals surface area contributed by atoms with Gasteiger partial charge in [0.1, 0.15) is 0 Å². The van der Waals surface area contributed by atoms with Crippen molar-refractivity contribution in [3.05, 3.63) is 24.3 Å². The number of nitrogens with one attached hydrogen (secondary N) is 1. The molecule has 0 heterocycles. The van der Waals surface area contributed by atoms with E-state index in [9.17, 15) is 0 Å². The Labute approximate surface area is 79.1 Å². The predicted molar refractivity (Wildman–Crippen MR) is 56.7 cm³/mol. The van der Waals surface area contributed by atoms with Crippen LogP contribution >= 0.6 is 0 Å². The van der Waals surface area contributed by atoms with Crippen molar-refractivity contribution in [2.24, 2.45) is 0 Å². The monoisotopic (exact) mass is 176 g/mol. The number of benzene rings is 1. The van der Waals surface area contributed by atoms with Crippen LogP contribution < -0.4 is 11.1 Å². The Hall–Kier alpha value is -1.18. The van der Waals surface area contributed by atoms with Gasteiger partial charge in [-0.05, 0) is 44.4 Å². The summed E-state index contributed by atoms with van der Waals surface area (Å²) in [5.74, 6) is 0. The maximum Gasteiger partial charge on any atom is 0.0364 e. The van der Waals surface area contributed by atoms with E-state index in [1.54, 1.807) is 0 Å². The number of rotatable bonds is 2. The van der Waals surface area contributed by atoms with E-state index in [4.69, 9.17) is 5.73 Å². The van der Waals surface area contributed by atoms with Crippen LogP contribution in [-0.2, 0) is 0 Å². The largest absolute Gasteiger partial charge is 0.399 e. The summed E-state index contributed by atoms with van der Waals surface area (Å²) in [6.45, 7) is 2.26. The summed E-state index contributed by atoms with van der Waals surface area (Å²) in [5, 5.41) is 3.52. The molecule has 0 radical (unpaired) electrons. The summed E-state index contributed by atoms with van der Waals surface area (Å²) in [5.41, 5.74) is 7.98. The predicted octanol–water partition coefficient (Wildman–Crippen LogP) is 2.62. The number of anilines is 2. The molecule has 0 saturated heterocycles. The van der Waals surface area contributed by atoms with Crippen LogP contribution in [0.4, 0.5) is 11.4 Å². The van der Waals surface area contributed by atoms with Crippen LogP contribution in [0.1, 0.15) is 26.2 Å². The normalized spacial score (nSPS) is 19.2. The Morgan fingerprint density at radius 1 is 1.38 bits per heavy atom. The van der Waals surface area contributed by atoms with Crippen molar-refractivity contribution in [1.82, 2.24) is 0 Å². The topological polar surface area (TPSA) is 38.0 Å². The number of hydrogen-bond donors (Lipinski definition) is 2. The first kappa shape index (κ1) is 8.42. The van der Waals surface area contributed by atoms with E-state index in [1.807, 2.05) is 18.2 Å². The minimum absolute atomic E-state index is 0.313. The average molecular weight is 176 g/mol. The van der Waals surface area contributed by atoms with Crippen LogP contribution in [0.15, 0.2) is 24.3 Å². The van der Waals surface area contributed by atoms with Gasteiger partial charge in [0.05, 0.1) is 0 Å². The van der Waals surface area contributed by atoms with E-state index in [0.717, 1.165) is 11.4 Å². The molecule has 0 unspecified atom stereocenters. The van der Waals surface area contributed by atoms with Gasteiger partial charge in [-0.2, -0.15) is 0 Å². The smallest absolute Gasteiger partial charge is 0.0364 e. The fraction of sp³-hybridized carbons (Fsp3) is 0.455. The molecule has 0 atom stereocenters. The molecule has 1 aliphatic carbocycles. The van der Waals surface area contributed by atoms with E-state index < -0.39 is 0 Å². The summed E-state index contributed by atoms with van der Waals surface area (Å²) in [7, 11) is 0. The van der Waals surface area contributed by atoms with Crippen molar-refractivity contribution in [3.8, 4) is 0 Å². The van der Waals surface area contributed by atoms with Crippen molar-refractivity contribution >= 4 is 11.4 Å². The minimum Gasteiger partial charge on any atom is -0.399 e. The van der Waals surface area contributed by atoms with E-state index >= 15 is 0 Å². The Balaban J connectivity index is 2.09. The average Bonchev–Trinajstić information content (AvgIpc) is 2.01. The molecule has 13 heavy (non-hydrogen) atoms. The summed E-state index contributed by atoms with van der Waals surface area (Å²) in [4.78, 5) is 0. The van der Waals surface area contributed by atoms with Crippen LogP contribution in [-0.4, -0.2) is 5.54 Å². The standard InChI is InChI=1S/C11H16N2/c1-11(6-3-7-11)13-10-5-2-4-9(12)8-10/h2,4-5,8,13H,3,6-7,12H2,1H3. The molecule has 2 nitrogen and oxygen atoms in total. The van der Waals surface area contributed by atoms with Crippen molar-refractivity contribution in [2.45, 2.75) is 31.7 Å². The van der Waals surface area contributed by atoms with Gasteiger partial charge in [0.25, 0.3) is 0 Å². The second-order valence-corrected chi connectivity index (χ2v) is 4.16. The zero-order valence-corrected chi connectivity index (χ0v) is 8.01. The second kappa shape index (κ2) is 2.95. The molecule has 1 aromatic carbocycles. The third-order valence-electron chi connectivity index (χ3n) is 2.79. The van der Waals surface area contributed by atoms with Gasteiger partial charge >= 0.3 is 0 Å². The lowest BCUT2D eigenvalue weighted by Crippen LogP contribution is -2.41. The number of nitrogen functional groups attached to an aromatic ring is 1. The first-order valence-electron chi connectivity index (χ1n) is 4.82. The highest BCUT2D eigenvalue weighted by Gasteiger charge is 2.31. The molecular formula is C11H16N2. The Morgan fingerprint density at radius 2 is 2.15 bits per heavy atom. The lowest BCUT2D eigenvalue weighted by molar-refractivity contribution is 0.306. The maximum atomic E-state index is 5.70. The molecule has 1 fully saturated rings. The van der Waals surface area contributed by atoms with Crippen molar-refractivity contribution in [3.63, 3.8) is 0 Å². The Bertz CT molecular complexity index is 303. The molecule has 2 rings (SSSR count). The van der Waals surface area contributed by atoms with Crippen LogP contribution in [0.3, 0.4) is 0 Å². The van der Waals surface area contributed by atoms with Crippen LogP contribution in [0.25, 0.3) is 0 Å². The summed E-state index contributed by atoms with van der Waals surface area (Å²) in [6, 6.07) is 7.96. The zero-order valence-electron chi connectivity index (χ0n) is 8.01. The molecule has 1 aliphatic rings. The van der Waals surface area contributed by atoms with Gasteiger partial charge in [0.15, 0.2) is 0 Å². The van der Waals surface area contributed by atoms with E-state index in [0.29, 0.717) is 5.54 Å². The van der Waals surface area contributed by atoms with Crippen molar-refractivity contribution < 1.29 is 0 Å². The Morgan fingerprint density at radius 3 is 2.69 bits per heavy atom. The SMILES string of the molecule is CC1(Nc2cccc(N)c2)CCC1. The van der Waals surface area contributed by atoms with Crippen LogP contribution in [0.2, 0.25) is 0 Å². The molecule has 0 bridgehead atoms. The van der Waals surface area contributed by atoms with Crippen molar-refractivity contribution in [1.29, 1.82) is 0 Å². The molecular weight excluding hydrogens is 160 g/mol. The summed E-state index contributed by atoms with van der Waals surface area (Å²) in [6.07, 6.45) is 3.87. The highest BCUT2D eigenvalue weighted by molar-refractivity contribution is 5.55. The van der Waals surface area contributed by atoms with E-state index in [1.165, 1.54) is 19.3 Å². The molecule has 70 valence electrons. The number of nitrogens with two attached hydrogens (primary N) is 1. The minimum atomic E-state index is 0.313. The fourth-order valence-corrected chi connectivity index (χ4v) is 1.80. The lowest BCUT2D eigenvalue weighted by atomic mass is 9.78. The maximum absolute atomic E-state index is 5.70. The van der Waals surface area contributed by atoms with E-state index in [-0.39, 0.29) is 0 Å². The van der Waals surface area contributed by atoms with Crippen LogP contribution in [0, 0.1) is 0 Å². The molecule has 1 aromatic rings. The molecule has 0 spiro atoms. The molecule has 0 amide bonds. The third kappa shape index (κ3) is 1.77. The zero-order chi connectivity index (χ0) is 9.31. The quantitative estimate of drug-likeness (QED) is 0.680. The second-order valence-electron chi connectivity index (χ2n) is 4.16. The number of hydrogen-bond acceptors (Lipinski definition) is 2. The van der Waals surface area contributed by atoms with Crippen molar-refractivity contribution in [2.75, 3.05) is 11.1 Å². The molecule has 1 saturated carbocycles. The van der Waals surface area contributed by atoms with Gasteiger partial charge in [0, 0.05) is 16.9 Å². The summed E-state index contributed by atoms with van der Waals surface area (Å²) < 4.78 is 0. The first-order chi connectivity index (χ1) is 6.18. The Kier molecular flexibility index (Phi) is 1.91. The molecule has 0 aromatic heterocycles. The van der Waals surface area contributed by atoms with Crippen LogP contribution in [0.5, 0.6) is 0 Å². The lowest BCUT2D eigenvalue weighted by Gasteiger charge is -2.40. The van der Waals surface area contributed by atoms with Gasteiger partial charge in [-0.25, -0.2) is 0 Å². The fourth-order valence-electron chi connectivity index (χ4n) is 1.80. The first-order valence-corrected chi connectivity index (χ1v) is 4.82. The third-order valence-corrected chi connectivity index (χ3v) is 2.79.